The van der Waals surface area contributed by atoms with Crippen LogP contribution in [0, 0.1) is 6.92 Å². The van der Waals surface area contributed by atoms with Gasteiger partial charge in [0.1, 0.15) is 5.75 Å². The molecule has 1 unspecified atom stereocenters. The standard InChI is InChI=1S/C28H30N6O3S.ClH/c1-20-24(34-38(35,36)19-21-8-3-2-4-9-21)12-5-13-26(20)37-27-23(11-7-16-30-27)25-14-17-31-28(33-25)32-22-10-6-15-29-18-22;/h2-5,7-9,11-14,16-17,22,29,34H,6,10,15,18-19H2,1H3,(H,31,32,33);1H. The summed E-state index contributed by atoms with van der Waals surface area (Å²) in [6.45, 7) is 3.72. The van der Waals surface area contributed by atoms with Gasteiger partial charge in [0.2, 0.25) is 21.9 Å². The maximum atomic E-state index is 12.8. The second kappa shape index (κ2) is 12.9. The van der Waals surface area contributed by atoms with Gasteiger partial charge in [0.15, 0.2) is 0 Å². The van der Waals surface area contributed by atoms with E-state index in [-0.39, 0.29) is 24.2 Å². The molecule has 1 aliphatic heterocycles. The Morgan fingerprint density at radius 1 is 1.00 bits per heavy atom. The van der Waals surface area contributed by atoms with Crippen LogP contribution in [0.3, 0.4) is 0 Å². The van der Waals surface area contributed by atoms with Crippen molar-refractivity contribution in [3.05, 3.63) is 90.3 Å². The van der Waals surface area contributed by atoms with E-state index in [9.17, 15) is 8.42 Å². The van der Waals surface area contributed by atoms with Crippen LogP contribution in [0.25, 0.3) is 11.3 Å². The first-order chi connectivity index (χ1) is 18.5. The van der Waals surface area contributed by atoms with E-state index in [2.05, 4.69) is 25.3 Å². The Balaban J connectivity index is 0.00000353. The molecule has 0 saturated carbocycles. The molecule has 0 aliphatic carbocycles. The molecule has 3 heterocycles. The fourth-order valence-corrected chi connectivity index (χ4v) is 5.60. The molecule has 1 atom stereocenters. The lowest BCUT2D eigenvalue weighted by molar-refractivity contribution is 0.461. The molecule has 2 aromatic heterocycles. The quantitative estimate of drug-likeness (QED) is 0.254. The minimum absolute atomic E-state index is 0. The monoisotopic (exact) mass is 566 g/mol. The largest absolute Gasteiger partial charge is 0.438 e. The van der Waals surface area contributed by atoms with Crippen LogP contribution >= 0.6 is 12.4 Å². The Morgan fingerprint density at radius 3 is 2.64 bits per heavy atom. The number of sulfonamides is 1. The molecule has 2 aromatic carbocycles. The molecule has 4 aromatic rings. The molecule has 1 saturated heterocycles. The summed E-state index contributed by atoms with van der Waals surface area (Å²) >= 11 is 0. The zero-order chi connectivity index (χ0) is 26.4. The fraction of sp³-hybridized carbons (Fsp3) is 0.250. The molecule has 0 radical (unpaired) electrons. The van der Waals surface area contributed by atoms with Gasteiger partial charge in [-0.15, -0.1) is 12.4 Å². The number of anilines is 2. The highest BCUT2D eigenvalue weighted by Gasteiger charge is 2.18. The maximum absolute atomic E-state index is 12.8. The van der Waals surface area contributed by atoms with Crippen LogP contribution in [0.2, 0.25) is 0 Å². The molecule has 3 N–H and O–H groups in total. The summed E-state index contributed by atoms with van der Waals surface area (Å²) in [4.78, 5) is 13.5. The molecule has 204 valence electrons. The van der Waals surface area contributed by atoms with E-state index < -0.39 is 10.0 Å². The maximum Gasteiger partial charge on any atom is 0.236 e. The highest BCUT2D eigenvalue weighted by atomic mass is 35.5. The van der Waals surface area contributed by atoms with E-state index >= 15 is 0 Å². The van der Waals surface area contributed by atoms with Gasteiger partial charge in [-0.2, -0.15) is 0 Å². The SMILES string of the molecule is Cc1c(NS(=O)(=O)Cc2ccccc2)cccc1Oc1ncccc1-c1ccnc(NC2CCCNC2)n1.Cl. The average molecular weight is 567 g/mol. The molecule has 0 spiro atoms. The van der Waals surface area contributed by atoms with E-state index in [1.807, 2.05) is 43.3 Å². The van der Waals surface area contributed by atoms with Gasteiger partial charge < -0.3 is 15.4 Å². The van der Waals surface area contributed by atoms with Crippen LogP contribution in [-0.2, 0) is 15.8 Å². The van der Waals surface area contributed by atoms with Gasteiger partial charge in [0.05, 0.1) is 22.7 Å². The van der Waals surface area contributed by atoms with Crippen molar-refractivity contribution in [3.8, 4) is 22.9 Å². The number of hydrogen-bond acceptors (Lipinski definition) is 8. The topological polar surface area (TPSA) is 118 Å². The first-order valence-corrected chi connectivity index (χ1v) is 14.2. The fourth-order valence-electron chi connectivity index (χ4n) is 4.34. The molecule has 1 aliphatic rings. The minimum atomic E-state index is -3.62. The second-order valence-electron chi connectivity index (χ2n) is 9.19. The first-order valence-electron chi connectivity index (χ1n) is 12.5. The van der Waals surface area contributed by atoms with Gasteiger partial charge in [-0.3, -0.25) is 4.72 Å². The van der Waals surface area contributed by atoms with Crippen molar-refractivity contribution in [2.45, 2.75) is 31.6 Å². The summed E-state index contributed by atoms with van der Waals surface area (Å²) < 4.78 is 34.5. The number of nitrogens with one attached hydrogen (secondary N) is 3. The summed E-state index contributed by atoms with van der Waals surface area (Å²) in [5.41, 5.74) is 3.18. The lowest BCUT2D eigenvalue weighted by Crippen LogP contribution is -2.38. The number of pyridine rings is 1. The van der Waals surface area contributed by atoms with E-state index in [1.54, 1.807) is 42.7 Å². The summed E-state index contributed by atoms with van der Waals surface area (Å²) in [6, 6.07) is 20.1. The normalized spacial score (nSPS) is 15.2. The van der Waals surface area contributed by atoms with Gasteiger partial charge in [0, 0.05) is 30.5 Å². The molecular weight excluding hydrogens is 536 g/mol. The van der Waals surface area contributed by atoms with E-state index in [1.165, 1.54) is 0 Å². The van der Waals surface area contributed by atoms with Crippen LogP contribution in [0.1, 0.15) is 24.0 Å². The third kappa shape index (κ3) is 7.44. The van der Waals surface area contributed by atoms with Gasteiger partial charge in [-0.25, -0.2) is 23.4 Å². The van der Waals surface area contributed by atoms with Crippen molar-refractivity contribution in [2.24, 2.45) is 0 Å². The number of halogens is 1. The zero-order valence-corrected chi connectivity index (χ0v) is 23.1. The van der Waals surface area contributed by atoms with E-state index in [0.29, 0.717) is 45.6 Å². The molecule has 5 rings (SSSR count). The Bertz CT molecular complexity index is 1500. The predicted molar refractivity (Wildman–Crippen MR) is 156 cm³/mol. The highest BCUT2D eigenvalue weighted by molar-refractivity contribution is 7.91. The number of ether oxygens (including phenoxy) is 1. The lowest BCUT2D eigenvalue weighted by Gasteiger charge is -2.23. The number of aromatic nitrogens is 3. The predicted octanol–water partition coefficient (Wildman–Crippen LogP) is 5.17. The van der Waals surface area contributed by atoms with Gasteiger partial charge in [0.25, 0.3) is 0 Å². The summed E-state index contributed by atoms with van der Waals surface area (Å²) in [6.07, 6.45) is 5.53. The van der Waals surface area contributed by atoms with Crippen molar-refractivity contribution in [3.63, 3.8) is 0 Å². The van der Waals surface area contributed by atoms with Crippen molar-refractivity contribution < 1.29 is 13.2 Å². The van der Waals surface area contributed by atoms with Crippen LogP contribution in [0.5, 0.6) is 11.6 Å². The average Bonchev–Trinajstić information content (AvgIpc) is 2.92. The zero-order valence-electron chi connectivity index (χ0n) is 21.5. The Labute approximate surface area is 234 Å². The number of benzene rings is 2. The van der Waals surface area contributed by atoms with Gasteiger partial charge >= 0.3 is 0 Å². The van der Waals surface area contributed by atoms with E-state index in [0.717, 1.165) is 25.9 Å². The van der Waals surface area contributed by atoms with Gasteiger partial charge in [-0.05, 0) is 62.2 Å². The molecule has 1 fully saturated rings. The number of rotatable bonds is 9. The number of hydrogen-bond donors (Lipinski definition) is 3. The molecule has 9 nitrogen and oxygen atoms in total. The molecular formula is C28H31ClN6O3S. The molecule has 39 heavy (non-hydrogen) atoms. The molecule has 0 amide bonds. The third-order valence-corrected chi connectivity index (χ3v) is 7.53. The van der Waals surface area contributed by atoms with Crippen LogP contribution in [-0.4, -0.2) is 42.5 Å². The first kappa shape index (κ1) is 28.3. The van der Waals surface area contributed by atoms with Crippen LogP contribution in [0.15, 0.2) is 79.1 Å². The Morgan fingerprint density at radius 2 is 1.85 bits per heavy atom. The van der Waals surface area contributed by atoms with Gasteiger partial charge in [-0.1, -0.05) is 36.4 Å². The van der Waals surface area contributed by atoms with Crippen molar-refractivity contribution in [2.75, 3.05) is 23.1 Å². The van der Waals surface area contributed by atoms with Crippen LogP contribution in [0.4, 0.5) is 11.6 Å². The molecule has 0 bridgehead atoms. The lowest BCUT2D eigenvalue weighted by atomic mass is 10.1. The number of piperidine rings is 1. The summed E-state index contributed by atoms with van der Waals surface area (Å²) in [5.74, 6) is 1.29. The Kier molecular flexibility index (Phi) is 9.34. The smallest absolute Gasteiger partial charge is 0.236 e. The third-order valence-electron chi connectivity index (χ3n) is 6.29. The van der Waals surface area contributed by atoms with E-state index in [4.69, 9.17) is 9.72 Å². The number of nitrogens with zero attached hydrogens (tertiary/aromatic N) is 3. The highest BCUT2D eigenvalue weighted by Crippen LogP contribution is 2.34. The summed E-state index contributed by atoms with van der Waals surface area (Å²) in [7, 11) is -3.62. The van der Waals surface area contributed by atoms with Crippen molar-refractivity contribution >= 4 is 34.1 Å². The van der Waals surface area contributed by atoms with Crippen molar-refractivity contribution in [1.29, 1.82) is 0 Å². The Hall–Kier alpha value is -3.73. The molecule has 11 heteroatoms. The summed E-state index contributed by atoms with van der Waals surface area (Å²) in [5, 5.41) is 6.79. The minimum Gasteiger partial charge on any atom is -0.438 e. The van der Waals surface area contributed by atoms with Crippen LogP contribution < -0.4 is 20.1 Å². The van der Waals surface area contributed by atoms with Crippen molar-refractivity contribution in [1.82, 2.24) is 20.3 Å². The second-order valence-corrected chi connectivity index (χ2v) is 10.9.